The molecule has 282 valence electrons. The minimum absolute atomic E-state index is 0.00391. The molecule has 2 fully saturated rings. The van der Waals surface area contributed by atoms with Crippen LogP contribution in [0, 0.1) is 17.8 Å². The zero-order chi connectivity index (χ0) is 37.0. The molecule has 0 bridgehead atoms. The van der Waals surface area contributed by atoms with Crippen LogP contribution in [-0.4, -0.2) is 110 Å². The van der Waals surface area contributed by atoms with E-state index in [4.69, 9.17) is 42.6 Å². The van der Waals surface area contributed by atoms with Crippen LogP contribution in [0.4, 0.5) is 0 Å². The lowest BCUT2D eigenvalue weighted by Crippen LogP contribution is -2.66. The van der Waals surface area contributed by atoms with E-state index in [9.17, 15) is 29.1 Å². The van der Waals surface area contributed by atoms with Crippen LogP contribution in [0.3, 0.4) is 0 Å². The lowest BCUT2D eigenvalue weighted by atomic mass is 9.96. The van der Waals surface area contributed by atoms with Gasteiger partial charge in [0.1, 0.15) is 24.9 Å². The number of hydrogen-bond donors (Lipinski definition) is 1. The standard InChI is InChI=1S/C34H56O15/c1-11-13-15-41-33-27(24(37)26(48-32(40)19(7)8)22(45-33)16-42-30(38)17(3)4)49-34-29(46-23(36)14-12-2)28(44-21(10)35)25(20(9)43-34)47-31(39)18(5)6/h17-20,22,24-29,33-34,37H,11-16H2,1-10H3/t20?,22?,24-,25-,26+,27?,28-,29?,33+,34-/m0/s1. The molecule has 0 radical (unpaired) electrons. The van der Waals surface area contributed by atoms with Gasteiger partial charge in [0.2, 0.25) is 0 Å². The normalized spacial score (nSPS) is 30.2. The molecule has 0 amide bonds. The van der Waals surface area contributed by atoms with Gasteiger partial charge in [0.15, 0.2) is 37.0 Å². The van der Waals surface area contributed by atoms with Crippen LogP contribution in [0.1, 0.15) is 94.9 Å². The molecule has 15 nitrogen and oxygen atoms in total. The fourth-order valence-corrected chi connectivity index (χ4v) is 4.93. The second kappa shape index (κ2) is 20.1. The first-order valence-corrected chi connectivity index (χ1v) is 17.2. The third-order valence-corrected chi connectivity index (χ3v) is 7.75. The Morgan fingerprint density at radius 1 is 0.694 bits per heavy atom. The van der Waals surface area contributed by atoms with Crippen LogP contribution in [0.5, 0.6) is 0 Å². The van der Waals surface area contributed by atoms with E-state index in [1.165, 1.54) is 0 Å². The molecule has 0 aromatic heterocycles. The van der Waals surface area contributed by atoms with Crippen molar-refractivity contribution in [2.24, 2.45) is 17.8 Å². The fraction of sp³-hybridized carbons (Fsp3) is 0.853. The maximum atomic E-state index is 12.9. The molecule has 2 aliphatic heterocycles. The van der Waals surface area contributed by atoms with E-state index in [1.54, 1.807) is 55.4 Å². The Kier molecular flexibility index (Phi) is 17.4. The highest BCUT2D eigenvalue weighted by atomic mass is 16.8. The molecule has 2 heterocycles. The number of ether oxygens (including phenoxy) is 9. The quantitative estimate of drug-likeness (QED) is 0.132. The van der Waals surface area contributed by atoms with Gasteiger partial charge in [0.05, 0.1) is 23.9 Å². The van der Waals surface area contributed by atoms with E-state index in [0.717, 1.165) is 13.3 Å². The summed E-state index contributed by atoms with van der Waals surface area (Å²) in [5.74, 6) is -4.77. The summed E-state index contributed by atoms with van der Waals surface area (Å²) in [6.07, 6.45) is -11.6. The van der Waals surface area contributed by atoms with E-state index in [0.29, 0.717) is 12.8 Å². The Bertz CT molecular complexity index is 1090. The number of unbranched alkanes of at least 4 members (excludes halogenated alkanes) is 1. The smallest absolute Gasteiger partial charge is 0.308 e. The molecule has 2 rings (SSSR count). The van der Waals surface area contributed by atoms with Crippen molar-refractivity contribution in [1.29, 1.82) is 0 Å². The molecule has 0 aromatic rings. The molecule has 49 heavy (non-hydrogen) atoms. The van der Waals surface area contributed by atoms with Gasteiger partial charge in [-0.15, -0.1) is 0 Å². The number of esters is 5. The number of hydrogen-bond acceptors (Lipinski definition) is 15. The monoisotopic (exact) mass is 704 g/mol. The highest BCUT2D eigenvalue weighted by molar-refractivity contribution is 5.73. The Labute approximate surface area is 288 Å². The van der Waals surface area contributed by atoms with Gasteiger partial charge < -0.3 is 47.7 Å². The number of carbonyl (C=O) groups is 5. The zero-order valence-electron chi connectivity index (χ0n) is 30.4. The average molecular weight is 705 g/mol. The van der Waals surface area contributed by atoms with Crippen LogP contribution in [-0.2, 0) is 66.6 Å². The SMILES string of the molecule is CCCCO[C@@H]1OC(COC(=O)C(C)C)[C@@H](OC(=O)C(C)C)[C@H](O)C1O[C@@H]1OC(C)[C@H](OC(=O)C(C)C)[C@H](OC(C)=O)C1OC(=O)CCC. The van der Waals surface area contributed by atoms with E-state index < -0.39 is 109 Å². The predicted molar refractivity (Wildman–Crippen MR) is 170 cm³/mol. The van der Waals surface area contributed by atoms with Gasteiger partial charge in [-0.3, -0.25) is 24.0 Å². The molecule has 0 aromatic carbocycles. The number of rotatable bonds is 17. The van der Waals surface area contributed by atoms with E-state index >= 15 is 0 Å². The van der Waals surface area contributed by atoms with Gasteiger partial charge in [-0.25, -0.2) is 0 Å². The fourth-order valence-electron chi connectivity index (χ4n) is 4.93. The van der Waals surface area contributed by atoms with Gasteiger partial charge >= 0.3 is 29.8 Å². The van der Waals surface area contributed by atoms with Crippen LogP contribution in [0.15, 0.2) is 0 Å². The second-order valence-electron chi connectivity index (χ2n) is 13.2. The van der Waals surface area contributed by atoms with Crippen LogP contribution in [0.2, 0.25) is 0 Å². The number of carbonyl (C=O) groups excluding carboxylic acids is 5. The molecule has 4 unspecified atom stereocenters. The molecule has 1 N–H and O–H groups in total. The molecular weight excluding hydrogens is 648 g/mol. The van der Waals surface area contributed by atoms with Crippen molar-refractivity contribution in [2.75, 3.05) is 13.2 Å². The second-order valence-corrected chi connectivity index (χ2v) is 13.2. The molecular formula is C34H56O15. The maximum Gasteiger partial charge on any atom is 0.308 e. The summed E-state index contributed by atoms with van der Waals surface area (Å²) in [6, 6.07) is 0. The van der Waals surface area contributed by atoms with Crippen molar-refractivity contribution in [2.45, 2.75) is 156 Å². The van der Waals surface area contributed by atoms with Crippen LogP contribution in [0.25, 0.3) is 0 Å². The predicted octanol–water partition coefficient (Wildman–Crippen LogP) is 3.00. The molecule has 0 saturated carbocycles. The van der Waals surface area contributed by atoms with Gasteiger partial charge in [0.25, 0.3) is 0 Å². The summed E-state index contributed by atoms with van der Waals surface area (Å²) < 4.78 is 52.7. The molecule has 2 aliphatic rings. The largest absolute Gasteiger partial charge is 0.463 e. The Hall–Kier alpha value is -2.85. The van der Waals surface area contributed by atoms with Crippen molar-refractivity contribution >= 4 is 29.8 Å². The molecule has 2 saturated heterocycles. The van der Waals surface area contributed by atoms with Gasteiger partial charge in [-0.05, 0) is 19.8 Å². The van der Waals surface area contributed by atoms with E-state index in [2.05, 4.69) is 0 Å². The minimum atomic E-state index is -1.64. The van der Waals surface area contributed by atoms with Crippen molar-refractivity contribution in [3.05, 3.63) is 0 Å². The maximum absolute atomic E-state index is 12.9. The summed E-state index contributed by atoms with van der Waals surface area (Å²) in [6.45, 7) is 16.0. The third kappa shape index (κ3) is 12.5. The molecule has 10 atom stereocenters. The first-order valence-electron chi connectivity index (χ1n) is 17.2. The highest BCUT2D eigenvalue weighted by Gasteiger charge is 2.56. The molecule has 0 spiro atoms. The Balaban J connectivity index is 2.57. The van der Waals surface area contributed by atoms with Crippen LogP contribution < -0.4 is 0 Å². The van der Waals surface area contributed by atoms with Crippen molar-refractivity contribution < 1.29 is 71.7 Å². The Morgan fingerprint density at radius 2 is 1.29 bits per heavy atom. The summed E-state index contributed by atoms with van der Waals surface area (Å²) in [4.78, 5) is 63.0. The van der Waals surface area contributed by atoms with Crippen molar-refractivity contribution in [3.63, 3.8) is 0 Å². The first-order chi connectivity index (χ1) is 23.0. The van der Waals surface area contributed by atoms with E-state index in [1.807, 2.05) is 6.92 Å². The third-order valence-electron chi connectivity index (χ3n) is 7.75. The minimum Gasteiger partial charge on any atom is -0.463 e. The number of aliphatic hydroxyl groups excluding tert-OH is 1. The van der Waals surface area contributed by atoms with Gasteiger partial charge in [0, 0.05) is 20.0 Å². The summed E-state index contributed by atoms with van der Waals surface area (Å²) in [5, 5.41) is 11.8. The van der Waals surface area contributed by atoms with Crippen molar-refractivity contribution in [1.82, 2.24) is 0 Å². The average Bonchev–Trinajstić information content (AvgIpc) is 3.02. The van der Waals surface area contributed by atoms with Crippen LogP contribution >= 0.6 is 0 Å². The number of aliphatic hydroxyl groups is 1. The summed E-state index contributed by atoms with van der Waals surface area (Å²) in [5.41, 5.74) is 0. The molecule has 15 heteroatoms. The van der Waals surface area contributed by atoms with Gasteiger partial charge in [-0.2, -0.15) is 0 Å². The lowest BCUT2D eigenvalue weighted by molar-refractivity contribution is -0.366. The van der Waals surface area contributed by atoms with Crippen molar-refractivity contribution in [3.8, 4) is 0 Å². The zero-order valence-corrected chi connectivity index (χ0v) is 30.4. The first kappa shape index (κ1) is 42.3. The lowest BCUT2D eigenvalue weighted by Gasteiger charge is -2.48. The van der Waals surface area contributed by atoms with E-state index in [-0.39, 0.29) is 19.6 Å². The molecule has 0 aliphatic carbocycles. The van der Waals surface area contributed by atoms with Gasteiger partial charge in [-0.1, -0.05) is 61.8 Å². The Morgan fingerprint density at radius 3 is 1.82 bits per heavy atom. The topological polar surface area (TPSA) is 189 Å². The highest BCUT2D eigenvalue weighted by Crippen LogP contribution is 2.35. The summed E-state index contributed by atoms with van der Waals surface area (Å²) in [7, 11) is 0. The summed E-state index contributed by atoms with van der Waals surface area (Å²) >= 11 is 0.